The Morgan fingerprint density at radius 1 is 1.36 bits per heavy atom. The average molecular weight is 427 g/mol. The van der Waals surface area contributed by atoms with E-state index in [4.69, 9.17) is 0 Å². The van der Waals surface area contributed by atoms with E-state index in [0.717, 1.165) is 23.3 Å². The number of carbonyl (C=O) groups excluding carboxylic acids is 1. The van der Waals surface area contributed by atoms with Crippen molar-refractivity contribution in [3.63, 3.8) is 0 Å². The first-order valence-electron chi connectivity index (χ1n) is 8.44. The zero-order valence-electron chi connectivity index (χ0n) is 15.1. The number of nitrogens with zero attached hydrogens (tertiary/aromatic N) is 2. The summed E-state index contributed by atoms with van der Waals surface area (Å²) in [6.07, 6.45) is 4.42. The fourth-order valence-electron chi connectivity index (χ4n) is 2.52. The maximum absolute atomic E-state index is 11.8. The molecule has 1 aliphatic carbocycles. The Morgan fingerprint density at radius 2 is 2.12 bits per heavy atom. The Morgan fingerprint density at radius 3 is 2.72 bits per heavy atom. The summed E-state index contributed by atoms with van der Waals surface area (Å²) in [5.41, 5.74) is 1.53. The van der Waals surface area contributed by atoms with Gasteiger partial charge in [-0.15, -0.1) is 0 Å². The van der Waals surface area contributed by atoms with Gasteiger partial charge in [0.1, 0.15) is 6.54 Å². The van der Waals surface area contributed by atoms with Crippen LogP contribution in [0, 0.1) is 0 Å². The van der Waals surface area contributed by atoms with Crippen LogP contribution in [0.5, 0.6) is 0 Å². The van der Waals surface area contributed by atoms with Crippen molar-refractivity contribution in [1.82, 2.24) is 15.5 Å². The van der Waals surface area contributed by atoms with Crippen molar-refractivity contribution in [3.8, 4) is 0 Å². The zero-order valence-corrected chi connectivity index (χ0v) is 17.5. The first kappa shape index (κ1) is 20.1. The Kier molecular flexibility index (Phi) is 7.62. The lowest BCUT2D eigenvalue weighted by molar-refractivity contribution is -0.127. The van der Waals surface area contributed by atoms with Gasteiger partial charge in [0, 0.05) is 42.8 Å². The predicted molar refractivity (Wildman–Crippen MR) is 110 cm³/mol. The number of aliphatic imine (C=N–C) groups is 1. The van der Waals surface area contributed by atoms with Crippen molar-refractivity contribution in [1.29, 1.82) is 0 Å². The smallest absolute Gasteiger partial charge is 0.243 e. The number of carbonyl (C=O) groups is 1. The number of nitrogens with one attached hydrogen (secondary N) is 2. The van der Waals surface area contributed by atoms with E-state index in [1.54, 1.807) is 30.8 Å². The predicted octanol–water partition coefficient (Wildman–Crippen LogP) is 2.47. The van der Waals surface area contributed by atoms with Gasteiger partial charge in [-0.3, -0.25) is 4.79 Å². The van der Waals surface area contributed by atoms with Gasteiger partial charge in [-0.1, -0.05) is 28.1 Å². The van der Waals surface area contributed by atoms with Gasteiger partial charge in [0.25, 0.3) is 0 Å². The number of benzene rings is 1. The Balaban J connectivity index is 1.98. The second-order valence-corrected chi connectivity index (χ2v) is 8.42. The topological polar surface area (TPSA) is 56.7 Å². The van der Waals surface area contributed by atoms with Crippen LogP contribution in [0.4, 0.5) is 0 Å². The molecule has 0 bridgehead atoms. The van der Waals surface area contributed by atoms with Crippen LogP contribution in [0.2, 0.25) is 0 Å². The summed E-state index contributed by atoms with van der Waals surface area (Å²) in [6, 6.07) is 8.52. The second kappa shape index (κ2) is 9.48. The molecule has 1 aromatic carbocycles. The maximum Gasteiger partial charge on any atom is 0.243 e. The van der Waals surface area contributed by atoms with Crippen LogP contribution in [0.1, 0.15) is 18.4 Å². The molecule has 0 spiro atoms. The normalized spacial score (nSPS) is 15.6. The molecule has 7 heteroatoms. The Labute approximate surface area is 163 Å². The number of hydrogen-bond donors (Lipinski definition) is 2. The third-order valence-electron chi connectivity index (χ3n) is 4.35. The minimum Gasteiger partial charge on any atom is -0.356 e. The van der Waals surface area contributed by atoms with Gasteiger partial charge < -0.3 is 15.5 Å². The van der Waals surface area contributed by atoms with Crippen LogP contribution < -0.4 is 10.6 Å². The summed E-state index contributed by atoms with van der Waals surface area (Å²) >= 11 is 5.34. The molecule has 1 amide bonds. The molecule has 0 radical (unpaired) electrons. The van der Waals surface area contributed by atoms with Crippen molar-refractivity contribution in [2.24, 2.45) is 4.99 Å². The molecule has 25 heavy (non-hydrogen) atoms. The number of thioether (sulfide) groups is 1. The van der Waals surface area contributed by atoms with Gasteiger partial charge in [0.05, 0.1) is 0 Å². The van der Waals surface area contributed by atoms with Gasteiger partial charge in [0.15, 0.2) is 5.96 Å². The van der Waals surface area contributed by atoms with Gasteiger partial charge in [-0.05, 0) is 36.8 Å². The molecular formula is C18H27BrN4OS. The first-order chi connectivity index (χ1) is 12.0. The Bertz CT molecular complexity index is 617. The van der Waals surface area contributed by atoms with Gasteiger partial charge in [-0.25, -0.2) is 4.99 Å². The monoisotopic (exact) mass is 426 g/mol. The quantitative estimate of drug-likeness (QED) is 0.380. The molecule has 5 nitrogen and oxygen atoms in total. The van der Waals surface area contributed by atoms with E-state index >= 15 is 0 Å². The minimum atomic E-state index is -0.000841. The molecule has 2 N–H and O–H groups in total. The van der Waals surface area contributed by atoms with Crippen LogP contribution in [0.15, 0.2) is 33.7 Å². The molecule has 0 saturated heterocycles. The zero-order chi connectivity index (χ0) is 18.3. The van der Waals surface area contributed by atoms with E-state index in [2.05, 4.69) is 62.1 Å². The third-order valence-corrected chi connectivity index (χ3v) is 5.46. The lowest BCUT2D eigenvalue weighted by Gasteiger charge is -2.20. The lowest BCUT2D eigenvalue weighted by atomic mass is 9.96. The van der Waals surface area contributed by atoms with Crippen LogP contribution in [-0.4, -0.2) is 62.5 Å². The molecule has 1 aliphatic rings. The van der Waals surface area contributed by atoms with Crippen molar-refractivity contribution in [3.05, 3.63) is 34.3 Å². The maximum atomic E-state index is 11.8. The number of rotatable bonds is 8. The molecule has 0 heterocycles. The summed E-state index contributed by atoms with van der Waals surface area (Å²) < 4.78 is 1.11. The molecule has 0 atom stereocenters. The molecule has 1 aromatic rings. The SMILES string of the molecule is CSCCNC(=NCC(=O)N(C)C)NCC1(c2cccc(Br)c2)CC1. The number of likely N-dealkylation sites (N-methyl/N-ethyl adjacent to an activating group) is 1. The number of hydrogen-bond acceptors (Lipinski definition) is 3. The summed E-state index contributed by atoms with van der Waals surface area (Å²) in [4.78, 5) is 17.8. The molecular weight excluding hydrogens is 400 g/mol. The lowest BCUT2D eigenvalue weighted by Crippen LogP contribution is -2.42. The standard InChI is InChI=1S/C18H27BrN4OS/c1-23(2)16(24)12-21-17(20-9-10-25-3)22-13-18(7-8-18)14-5-4-6-15(19)11-14/h4-6,11H,7-10,12-13H2,1-3H3,(H2,20,21,22). The molecule has 138 valence electrons. The van der Waals surface area contributed by atoms with Crippen LogP contribution in [0.3, 0.4) is 0 Å². The highest BCUT2D eigenvalue weighted by Gasteiger charge is 2.44. The molecule has 1 saturated carbocycles. The van der Waals surface area contributed by atoms with Crippen molar-refractivity contribution >= 4 is 39.6 Å². The summed E-state index contributed by atoms with van der Waals surface area (Å²) in [6.45, 7) is 1.81. The molecule has 0 aliphatic heterocycles. The van der Waals surface area contributed by atoms with E-state index in [1.807, 2.05) is 0 Å². The summed E-state index contributed by atoms with van der Waals surface area (Å²) in [5.74, 6) is 1.71. The van der Waals surface area contributed by atoms with E-state index < -0.39 is 0 Å². The van der Waals surface area contributed by atoms with E-state index in [-0.39, 0.29) is 17.9 Å². The summed E-state index contributed by atoms with van der Waals surface area (Å²) in [5, 5.41) is 6.75. The highest BCUT2D eigenvalue weighted by Crippen LogP contribution is 2.48. The van der Waals surface area contributed by atoms with Crippen molar-refractivity contribution in [2.75, 3.05) is 45.7 Å². The van der Waals surface area contributed by atoms with Crippen molar-refractivity contribution < 1.29 is 4.79 Å². The van der Waals surface area contributed by atoms with Crippen LogP contribution in [0.25, 0.3) is 0 Å². The number of guanidine groups is 1. The van der Waals surface area contributed by atoms with Crippen LogP contribution in [-0.2, 0) is 10.2 Å². The van der Waals surface area contributed by atoms with Gasteiger partial charge in [0.2, 0.25) is 5.91 Å². The highest BCUT2D eigenvalue weighted by atomic mass is 79.9. The number of amides is 1. The van der Waals surface area contributed by atoms with Gasteiger partial charge >= 0.3 is 0 Å². The van der Waals surface area contributed by atoms with Crippen LogP contribution >= 0.6 is 27.7 Å². The third kappa shape index (κ3) is 6.22. The molecule has 0 aromatic heterocycles. The van der Waals surface area contributed by atoms with E-state index in [0.29, 0.717) is 5.96 Å². The van der Waals surface area contributed by atoms with E-state index in [9.17, 15) is 4.79 Å². The molecule has 1 fully saturated rings. The first-order valence-corrected chi connectivity index (χ1v) is 10.6. The minimum absolute atomic E-state index is 0.000841. The second-order valence-electron chi connectivity index (χ2n) is 6.52. The summed E-state index contributed by atoms with van der Waals surface area (Å²) in [7, 11) is 3.50. The fourth-order valence-corrected chi connectivity index (χ4v) is 3.23. The fraction of sp³-hybridized carbons (Fsp3) is 0.556. The average Bonchev–Trinajstić information content (AvgIpc) is 3.37. The number of halogens is 1. The van der Waals surface area contributed by atoms with Crippen molar-refractivity contribution in [2.45, 2.75) is 18.3 Å². The Hall–Kier alpha value is -1.21. The van der Waals surface area contributed by atoms with Gasteiger partial charge in [-0.2, -0.15) is 11.8 Å². The van der Waals surface area contributed by atoms with E-state index in [1.165, 1.54) is 18.4 Å². The largest absolute Gasteiger partial charge is 0.356 e. The molecule has 0 unspecified atom stereocenters. The molecule has 2 rings (SSSR count). The highest BCUT2D eigenvalue weighted by molar-refractivity contribution is 9.10.